The van der Waals surface area contributed by atoms with E-state index in [1.807, 2.05) is 31.7 Å². The van der Waals surface area contributed by atoms with E-state index < -0.39 is 24.0 Å². The van der Waals surface area contributed by atoms with E-state index in [1.54, 1.807) is 0 Å². The number of ether oxygens (including phenoxy) is 2. The van der Waals surface area contributed by atoms with Crippen molar-refractivity contribution in [3.8, 4) is 0 Å². The molecule has 2 rings (SSSR count). The van der Waals surface area contributed by atoms with Gasteiger partial charge in [0.05, 0.1) is 0 Å². The van der Waals surface area contributed by atoms with Gasteiger partial charge in [-0.25, -0.2) is 0 Å². The molecule has 0 aromatic heterocycles. The van der Waals surface area contributed by atoms with Gasteiger partial charge in [-0.15, -0.1) is 0 Å². The molecular formula is C26H45NO3Sn. The van der Waals surface area contributed by atoms with Crippen LogP contribution in [-0.2, 0) is 9.47 Å². The zero-order chi connectivity index (χ0) is 22.9. The Kier molecular flexibility index (Phi) is 10.7. The Morgan fingerprint density at radius 3 is 1.97 bits per heavy atom. The van der Waals surface area contributed by atoms with Gasteiger partial charge in [-0.05, 0) is 0 Å². The Morgan fingerprint density at radius 2 is 1.52 bits per heavy atom. The number of nitrogens with zero attached hydrogens (tertiary/aromatic N) is 1. The number of hydrogen-bond acceptors (Lipinski definition) is 3. The molecule has 1 aromatic rings. The predicted molar refractivity (Wildman–Crippen MR) is 132 cm³/mol. The van der Waals surface area contributed by atoms with Gasteiger partial charge in [0.15, 0.2) is 0 Å². The summed E-state index contributed by atoms with van der Waals surface area (Å²) < 4.78 is 16.5. The Hall–Kier alpha value is -0.751. The van der Waals surface area contributed by atoms with Crippen molar-refractivity contribution in [2.24, 2.45) is 0 Å². The average molecular weight is 538 g/mol. The van der Waals surface area contributed by atoms with Gasteiger partial charge in [0.1, 0.15) is 0 Å². The van der Waals surface area contributed by atoms with E-state index in [2.05, 4.69) is 45.0 Å². The van der Waals surface area contributed by atoms with Crippen molar-refractivity contribution in [2.45, 2.75) is 109 Å². The summed E-state index contributed by atoms with van der Waals surface area (Å²) in [5.41, 5.74) is 0.636. The average Bonchev–Trinajstić information content (AvgIpc) is 3.19. The number of unbranched alkanes of at least 4 members (excludes halogenated alkanes) is 3. The molecule has 1 amide bonds. The number of rotatable bonds is 11. The molecule has 1 aliphatic rings. The Balaban J connectivity index is 2.47. The summed E-state index contributed by atoms with van der Waals surface area (Å²) >= 11 is -2.86. The number of hydrogen-bond donors (Lipinski definition) is 0. The molecular weight excluding hydrogens is 493 g/mol. The minimum absolute atomic E-state index is 0.0287. The van der Waals surface area contributed by atoms with Crippen LogP contribution in [0.3, 0.4) is 0 Å². The summed E-state index contributed by atoms with van der Waals surface area (Å²) in [4.78, 5) is 15.6. The van der Waals surface area contributed by atoms with Gasteiger partial charge in [0.2, 0.25) is 0 Å². The third-order valence-electron chi connectivity index (χ3n) is 6.40. The standard InChI is InChI=1S/C14H18NO3.3C4H9.Sn/c1-14(2,3)18-13(16)15-10-17-9-12(15)11-7-5-4-6-8-11;3*1-3-4-2;/h4-8,10,12H,9H2,1-3H3;3*1,3-4H2,2H3;/t12-;;;;/m0..../s1. The molecule has 0 aliphatic carbocycles. The first-order valence-electron chi connectivity index (χ1n) is 12.5. The molecule has 4 nitrogen and oxygen atoms in total. The third kappa shape index (κ3) is 7.38. The van der Waals surface area contributed by atoms with Crippen LogP contribution >= 0.6 is 0 Å². The number of carbonyl (C=O) groups excluding carboxylic acids is 1. The molecule has 0 radical (unpaired) electrons. The van der Waals surface area contributed by atoms with Gasteiger partial charge in [-0.1, -0.05) is 0 Å². The minimum atomic E-state index is -2.86. The van der Waals surface area contributed by atoms with E-state index in [0.29, 0.717) is 6.61 Å². The molecule has 0 spiro atoms. The van der Waals surface area contributed by atoms with E-state index in [4.69, 9.17) is 9.47 Å². The first-order chi connectivity index (χ1) is 14.8. The van der Waals surface area contributed by atoms with Crippen molar-refractivity contribution in [1.82, 2.24) is 4.90 Å². The van der Waals surface area contributed by atoms with E-state index in [0.717, 1.165) is 5.56 Å². The van der Waals surface area contributed by atoms with Crippen LogP contribution in [0.25, 0.3) is 0 Å². The normalized spacial score (nSPS) is 19.6. The monoisotopic (exact) mass is 539 g/mol. The maximum absolute atomic E-state index is 13.6. The van der Waals surface area contributed by atoms with Crippen LogP contribution < -0.4 is 0 Å². The van der Waals surface area contributed by atoms with Gasteiger partial charge in [-0.2, -0.15) is 0 Å². The topological polar surface area (TPSA) is 38.8 Å². The van der Waals surface area contributed by atoms with E-state index >= 15 is 0 Å². The van der Waals surface area contributed by atoms with Gasteiger partial charge < -0.3 is 0 Å². The van der Waals surface area contributed by atoms with Crippen LogP contribution in [0.2, 0.25) is 13.3 Å². The van der Waals surface area contributed by atoms with Gasteiger partial charge >= 0.3 is 195 Å². The Labute approximate surface area is 194 Å². The predicted octanol–water partition coefficient (Wildman–Crippen LogP) is 7.71. The second kappa shape index (κ2) is 12.5. The van der Waals surface area contributed by atoms with Crippen molar-refractivity contribution in [3.05, 3.63) is 35.9 Å². The summed E-state index contributed by atoms with van der Waals surface area (Å²) in [6.45, 7) is 13.3. The number of carbonyl (C=O) groups is 1. The van der Waals surface area contributed by atoms with Crippen molar-refractivity contribution >= 4 is 24.5 Å². The summed E-state index contributed by atoms with van der Waals surface area (Å²) in [6, 6.07) is 10.3. The first kappa shape index (κ1) is 26.5. The molecule has 1 aliphatic heterocycles. The fourth-order valence-electron chi connectivity index (χ4n) is 4.78. The molecule has 31 heavy (non-hydrogen) atoms. The van der Waals surface area contributed by atoms with Crippen LogP contribution in [-0.4, -0.2) is 45.8 Å². The van der Waals surface area contributed by atoms with Crippen LogP contribution in [0.5, 0.6) is 0 Å². The fourth-order valence-corrected chi connectivity index (χ4v) is 21.9. The molecule has 0 unspecified atom stereocenters. The molecule has 0 bridgehead atoms. The van der Waals surface area contributed by atoms with E-state index in [9.17, 15) is 4.79 Å². The summed E-state index contributed by atoms with van der Waals surface area (Å²) in [5, 5.41) is 0. The van der Waals surface area contributed by atoms with E-state index in [1.165, 1.54) is 51.8 Å². The van der Waals surface area contributed by atoms with Crippen molar-refractivity contribution in [1.29, 1.82) is 0 Å². The first-order valence-corrected chi connectivity index (χ1v) is 20.2. The van der Waals surface area contributed by atoms with Gasteiger partial charge in [0, 0.05) is 0 Å². The molecule has 1 fully saturated rings. The van der Waals surface area contributed by atoms with Crippen LogP contribution in [0.1, 0.15) is 91.7 Å². The number of benzene rings is 1. The molecule has 1 heterocycles. The van der Waals surface area contributed by atoms with Crippen molar-refractivity contribution in [2.75, 3.05) is 6.61 Å². The maximum atomic E-state index is 13.6. The molecule has 0 saturated carbocycles. The molecule has 2 atom stereocenters. The molecule has 1 aromatic carbocycles. The number of amides is 1. The Morgan fingerprint density at radius 1 is 1.00 bits per heavy atom. The molecule has 1 saturated heterocycles. The fraction of sp³-hybridized carbons (Fsp3) is 0.731. The molecule has 5 heteroatoms. The van der Waals surface area contributed by atoms with Crippen molar-refractivity contribution < 1.29 is 14.3 Å². The van der Waals surface area contributed by atoms with Crippen LogP contribution in [0, 0.1) is 0 Å². The van der Waals surface area contributed by atoms with E-state index in [-0.39, 0.29) is 16.4 Å². The SMILES string of the molecule is CCC[CH2][Sn]([CH2]CCC)([CH2]CCC)[C@@H]1OC[C@@H](c2ccccc2)N1C(=O)OC(C)(C)C. The third-order valence-corrected chi connectivity index (χ3v) is 22.2. The summed E-state index contributed by atoms with van der Waals surface area (Å²) in [5.74, 6) is 0. The quantitative estimate of drug-likeness (QED) is 0.271. The van der Waals surface area contributed by atoms with Gasteiger partial charge in [-0.3, -0.25) is 0 Å². The van der Waals surface area contributed by atoms with Gasteiger partial charge in [0.25, 0.3) is 0 Å². The zero-order valence-corrected chi connectivity index (χ0v) is 23.6. The molecule has 176 valence electrons. The summed E-state index contributed by atoms with van der Waals surface area (Å²) in [7, 11) is 0. The summed E-state index contributed by atoms with van der Waals surface area (Å²) in [6.07, 6.45) is 7.17. The van der Waals surface area contributed by atoms with Crippen LogP contribution in [0.15, 0.2) is 30.3 Å². The second-order valence-corrected chi connectivity index (χ2v) is 23.6. The van der Waals surface area contributed by atoms with Crippen LogP contribution in [0.4, 0.5) is 4.79 Å². The van der Waals surface area contributed by atoms with Crippen molar-refractivity contribution in [3.63, 3.8) is 0 Å². The zero-order valence-electron chi connectivity index (χ0n) is 20.8. The molecule has 0 N–H and O–H groups in total. The Bertz CT molecular complexity index is 637. The second-order valence-electron chi connectivity index (χ2n) is 10.2.